The molecule has 2 heterocycles. The number of piperidine rings is 1. The van der Waals surface area contributed by atoms with Crippen molar-refractivity contribution in [3.63, 3.8) is 0 Å². The van der Waals surface area contributed by atoms with E-state index in [1.807, 2.05) is 12.1 Å². The molecule has 36 heavy (non-hydrogen) atoms. The van der Waals surface area contributed by atoms with Gasteiger partial charge in [-0.15, -0.1) is 0 Å². The molecular formula is C29H28N2O5. The van der Waals surface area contributed by atoms with E-state index in [9.17, 15) is 15.0 Å². The van der Waals surface area contributed by atoms with Crippen molar-refractivity contribution in [1.82, 2.24) is 10.1 Å². The number of rotatable bonds is 7. The van der Waals surface area contributed by atoms with Crippen LogP contribution in [0.15, 0.2) is 77.3 Å². The Labute approximate surface area is 209 Å². The van der Waals surface area contributed by atoms with E-state index in [4.69, 9.17) is 9.26 Å². The van der Waals surface area contributed by atoms with Crippen LogP contribution in [0.3, 0.4) is 0 Å². The molecule has 0 spiro atoms. The molecule has 184 valence electrons. The Kier molecular flexibility index (Phi) is 6.73. The minimum Gasteiger partial charge on any atom is -0.508 e. The number of nitrogens with zero attached hydrogens (tertiary/aromatic N) is 2. The van der Waals surface area contributed by atoms with E-state index in [0.717, 1.165) is 25.9 Å². The molecule has 0 saturated carbocycles. The van der Waals surface area contributed by atoms with Crippen molar-refractivity contribution < 1.29 is 24.3 Å². The van der Waals surface area contributed by atoms with Crippen molar-refractivity contribution in [2.75, 3.05) is 26.7 Å². The molecule has 0 aliphatic carbocycles. The van der Waals surface area contributed by atoms with Crippen LogP contribution in [0.2, 0.25) is 0 Å². The van der Waals surface area contributed by atoms with Gasteiger partial charge in [-0.2, -0.15) is 0 Å². The summed E-state index contributed by atoms with van der Waals surface area (Å²) in [5.74, 6) is 1.37. The van der Waals surface area contributed by atoms with Crippen molar-refractivity contribution in [1.29, 1.82) is 0 Å². The zero-order valence-electron chi connectivity index (χ0n) is 20.1. The Balaban J connectivity index is 1.48. The molecule has 1 saturated heterocycles. The summed E-state index contributed by atoms with van der Waals surface area (Å²) in [6, 6.07) is 20.0. The molecule has 0 amide bonds. The lowest BCUT2D eigenvalue weighted by atomic mass is 9.95. The Morgan fingerprint density at radius 1 is 1.03 bits per heavy atom. The molecule has 0 radical (unpaired) electrons. The van der Waals surface area contributed by atoms with E-state index < -0.39 is 0 Å². The van der Waals surface area contributed by atoms with Crippen LogP contribution in [0, 0.1) is 5.92 Å². The van der Waals surface area contributed by atoms with Crippen molar-refractivity contribution in [3.8, 4) is 39.8 Å². The third-order valence-corrected chi connectivity index (χ3v) is 6.49. The molecule has 3 aromatic carbocycles. The Morgan fingerprint density at radius 3 is 2.42 bits per heavy atom. The van der Waals surface area contributed by atoms with Crippen LogP contribution in [-0.4, -0.2) is 52.8 Å². The second kappa shape index (κ2) is 10.3. The SMILES string of the molecule is CN1CCCC(COc2cccc(C(=O)c3c(-c4ccc(O)cc4)noc3-c3ccc(O)cc3)c2)C1. The van der Waals surface area contributed by atoms with Gasteiger partial charge in [0.1, 0.15) is 22.9 Å². The van der Waals surface area contributed by atoms with E-state index in [1.54, 1.807) is 36.4 Å². The molecular weight excluding hydrogens is 456 g/mol. The zero-order chi connectivity index (χ0) is 25.1. The van der Waals surface area contributed by atoms with Crippen molar-refractivity contribution >= 4 is 5.78 Å². The first-order valence-corrected chi connectivity index (χ1v) is 12.0. The molecule has 1 aliphatic rings. The van der Waals surface area contributed by atoms with Gasteiger partial charge in [0.15, 0.2) is 11.5 Å². The number of benzene rings is 3. The zero-order valence-corrected chi connectivity index (χ0v) is 20.1. The second-order valence-electron chi connectivity index (χ2n) is 9.27. The van der Waals surface area contributed by atoms with Gasteiger partial charge in [-0.05, 0) is 87.1 Å². The number of ketones is 1. The summed E-state index contributed by atoms with van der Waals surface area (Å²) in [7, 11) is 2.13. The lowest BCUT2D eigenvalue weighted by Crippen LogP contribution is -2.34. The van der Waals surface area contributed by atoms with Gasteiger partial charge in [-0.3, -0.25) is 4.79 Å². The normalized spacial score (nSPS) is 16.1. The first-order valence-electron chi connectivity index (χ1n) is 12.0. The van der Waals surface area contributed by atoms with E-state index in [1.165, 1.54) is 24.3 Å². The highest BCUT2D eigenvalue weighted by molar-refractivity contribution is 6.15. The second-order valence-corrected chi connectivity index (χ2v) is 9.27. The van der Waals surface area contributed by atoms with Crippen LogP contribution in [-0.2, 0) is 0 Å². The maximum absolute atomic E-state index is 13.9. The Bertz CT molecular complexity index is 1280. The average Bonchev–Trinajstić information content (AvgIpc) is 3.33. The summed E-state index contributed by atoms with van der Waals surface area (Å²) in [4.78, 5) is 16.2. The van der Waals surface area contributed by atoms with Crippen molar-refractivity contribution in [2.45, 2.75) is 12.8 Å². The molecule has 1 fully saturated rings. The van der Waals surface area contributed by atoms with Gasteiger partial charge in [0.05, 0.1) is 12.2 Å². The van der Waals surface area contributed by atoms with E-state index in [2.05, 4.69) is 17.1 Å². The number of phenols is 2. The summed E-state index contributed by atoms with van der Waals surface area (Å²) >= 11 is 0. The number of hydrogen-bond acceptors (Lipinski definition) is 7. The predicted molar refractivity (Wildman–Crippen MR) is 136 cm³/mol. The first kappa shape index (κ1) is 23.6. The number of carbonyl (C=O) groups excluding carboxylic acids is 1. The molecule has 1 atom stereocenters. The summed E-state index contributed by atoms with van der Waals surface area (Å²) in [5.41, 5.74) is 2.38. The van der Waals surface area contributed by atoms with E-state index in [0.29, 0.717) is 52.0 Å². The summed E-state index contributed by atoms with van der Waals surface area (Å²) < 4.78 is 11.7. The van der Waals surface area contributed by atoms with Crippen LogP contribution >= 0.6 is 0 Å². The van der Waals surface area contributed by atoms with Crippen molar-refractivity contribution in [3.05, 3.63) is 83.9 Å². The highest BCUT2D eigenvalue weighted by Crippen LogP contribution is 2.35. The smallest absolute Gasteiger partial charge is 0.199 e. The quantitative estimate of drug-likeness (QED) is 0.340. The number of aromatic hydroxyl groups is 2. The summed E-state index contributed by atoms with van der Waals surface area (Å²) in [6.45, 7) is 2.73. The lowest BCUT2D eigenvalue weighted by molar-refractivity contribution is 0.103. The third-order valence-electron chi connectivity index (χ3n) is 6.49. The molecule has 2 N–H and O–H groups in total. The largest absolute Gasteiger partial charge is 0.508 e. The minimum atomic E-state index is -0.259. The number of hydrogen-bond donors (Lipinski definition) is 2. The molecule has 0 bridgehead atoms. The fourth-order valence-corrected chi connectivity index (χ4v) is 4.62. The van der Waals surface area contributed by atoms with Crippen LogP contribution in [0.5, 0.6) is 17.2 Å². The predicted octanol–water partition coefficient (Wildman–Crippen LogP) is 5.37. The first-order chi connectivity index (χ1) is 17.5. The number of aromatic nitrogens is 1. The van der Waals surface area contributed by atoms with Gasteiger partial charge >= 0.3 is 0 Å². The highest BCUT2D eigenvalue weighted by atomic mass is 16.5. The highest BCUT2D eigenvalue weighted by Gasteiger charge is 2.27. The maximum atomic E-state index is 13.9. The standard InChI is InChI=1S/C29H28N2O5/c1-31-15-3-4-19(17-31)18-35-25-6-2-5-22(16-25)28(34)26-27(20-7-11-23(32)12-8-20)30-36-29(26)21-9-13-24(33)14-10-21/h2,5-14,16,19,32-33H,3-4,15,17-18H2,1H3. The van der Waals surface area contributed by atoms with Gasteiger partial charge in [0, 0.05) is 29.2 Å². The molecule has 1 aromatic heterocycles. The third kappa shape index (κ3) is 5.11. The van der Waals surface area contributed by atoms with Gasteiger partial charge in [-0.1, -0.05) is 17.3 Å². The van der Waals surface area contributed by atoms with Crippen LogP contribution in [0.25, 0.3) is 22.6 Å². The van der Waals surface area contributed by atoms with Crippen LogP contribution in [0.4, 0.5) is 0 Å². The number of ether oxygens (including phenoxy) is 1. The maximum Gasteiger partial charge on any atom is 0.199 e. The van der Waals surface area contributed by atoms with Crippen LogP contribution in [0.1, 0.15) is 28.8 Å². The van der Waals surface area contributed by atoms with Gasteiger partial charge in [0.2, 0.25) is 0 Å². The number of phenolic OH excluding ortho intramolecular Hbond substituents is 2. The summed E-state index contributed by atoms with van der Waals surface area (Å²) in [6.07, 6.45) is 2.30. The molecule has 1 aliphatic heterocycles. The lowest BCUT2D eigenvalue weighted by Gasteiger charge is -2.29. The average molecular weight is 485 g/mol. The fraction of sp³-hybridized carbons (Fsp3) is 0.241. The van der Waals surface area contributed by atoms with Gasteiger partial charge in [-0.25, -0.2) is 0 Å². The van der Waals surface area contributed by atoms with Gasteiger partial charge < -0.3 is 24.4 Å². The number of likely N-dealkylation sites (tertiary alicyclic amines) is 1. The summed E-state index contributed by atoms with van der Waals surface area (Å²) in [5, 5.41) is 23.6. The van der Waals surface area contributed by atoms with E-state index >= 15 is 0 Å². The topological polar surface area (TPSA) is 96.0 Å². The Morgan fingerprint density at radius 2 is 1.72 bits per heavy atom. The molecule has 5 rings (SSSR count). The molecule has 7 heteroatoms. The molecule has 4 aromatic rings. The Hall–Kier alpha value is -4.10. The van der Waals surface area contributed by atoms with E-state index in [-0.39, 0.29) is 17.3 Å². The monoisotopic (exact) mass is 484 g/mol. The van der Waals surface area contributed by atoms with Crippen LogP contribution < -0.4 is 4.74 Å². The molecule has 7 nitrogen and oxygen atoms in total. The van der Waals surface area contributed by atoms with Crippen molar-refractivity contribution in [2.24, 2.45) is 5.92 Å². The minimum absolute atomic E-state index is 0.110. The fourth-order valence-electron chi connectivity index (χ4n) is 4.62. The molecule has 1 unspecified atom stereocenters. The van der Waals surface area contributed by atoms with Gasteiger partial charge in [0.25, 0.3) is 0 Å². The number of carbonyl (C=O) groups is 1.